The third-order valence-electron chi connectivity index (χ3n) is 1.47. The first-order chi connectivity index (χ1) is 6.18. The van der Waals surface area contributed by atoms with Gasteiger partial charge in [0.05, 0.1) is 5.16 Å². The highest BCUT2D eigenvalue weighted by molar-refractivity contribution is 5.47. The van der Waals surface area contributed by atoms with E-state index in [9.17, 15) is 5.21 Å². The molecule has 0 saturated heterocycles. The summed E-state index contributed by atoms with van der Waals surface area (Å²) in [4.78, 5) is 0.246. The third kappa shape index (κ3) is 1.08. The Kier molecular flexibility index (Phi) is 1.41. The van der Waals surface area contributed by atoms with E-state index in [4.69, 9.17) is 10.2 Å². The molecule has 0 amide bonds. The van der Waals surface area contributed by atoms with E-state index in [2.05, 4.69) is 20.0 Å². The van der Waals surface area contributed by atoms with Gasteiger partial charge >= 0.3 is 11.7 Å². The van der Waals surface area contributed by atoms with Gasteiger partial charge in [-0.25, -0.2) is 0 Å². The van der Waals surface area contributed by atoms with Gasteiger partial charge in [-0.2, -0.15) is 0 Å². The van der Waals surface area contributed by atoms with Gasteiger partial charge in [-0.15, -0.1) is 5.10 Å². The average molecular weight is 183 g/mol. The van der Waals surface area contributed by atoms with Crippen molar-refractivity contribution in [1.82, 2.24) is 15.4 Å². The Labute approximate surface area is 71.5 Å². The molecular weight excluding hydrogens is 178 g/mol. The van der Waals surface area contributed by atoms with Crippen molar-refractivity contribution in [3.05, 3.63) is 10.9 Å². The van der Waals surface area contributed by atoms with Gasteiger partial charge in [0, 0.05) is 6.92 Å². The van der Waals surface area contributed by atoms with Crippen molar-refractivity contribution in [2.45, 2.75) is 6.92 Å². The summed E-state index contributed by atoms with van der Waals surface area (Å²) in [7, 11) is 0. The standard InChI is InChI=1S/C5H5N5O3/c1-2-3(9-13-10(2)11)4-7-8-5(6)12-4/h1H3,(H2,6,8). The first-order valence-corrected chi connectivity index (χ1v) is 3.34. The number of nitrogen functional groups attached to an aromatic ring is 1. The molecule has 2 N–H and O–H groups in total. The van der Waals surface area contributed by atoms with Crippen molar-refractivity contribution in [2.24, 2.45) is 0 Å². The summed E-state index contributed by atoms with van der Waals surface area (Å²) in [6.07, 6.45) is 0. The molecule has 2 heterocycles. The summed E-state index contributed by atoms with van der Waals surface area (Å²) >= 11 is 0. The molecule has 0 unspecified atom stereocenters. The van der Waals surface area contributed by atoms with Crippen LogP contribution in [0, 0.1) is 12.1 Å². The monoisotopic (exact) mass is 183 g/mol. The molecule has 13 heavy (non-hydrogen) atoms. The highest BCUT2D eigenvalue weighted by Crippen LogP contribution is 2.17. The van der Waals surface area contributed by atoms with Gasteiger partial charge in [0.15, 0.2) is 0 Å². The fourth-order valence-corrected chi connectivity index (χ4v) is 0.816. The van der Waals surface area contributed by atoms with Crippen LogP contribution in [-0.2, 0) is 0 Å². The second-order valence-electron chi connectivity index (χ2n) is 2.31. The quantitative estimate of drug-likeness (QED) is 0.577. The van der Waals surface area contributed by atoms with Gasteiger partial charge in [0.2, 0.25) is 5.69 Å². The number of rotatable bonds is 1. The van der Waals surface area contributed by atoms with Crippen molar-refractivity contribution in [1.29, 1.82) is 0 Å². The molecule has 8 heteroatoms. The summed E-state index contributed by atoms with van der Waals surface area (Å²) < 4.78 is 9.15. The van der Waals surface area contributed by atoms with Crippen molar-refractivity contribution < 1.29 is 13.9 Å². The van der Waals surface area contributed by atoms with Gasteiger partial charge in [-0.3, -0.25) is 4.63 Å². The van der Waals surface area contributed by atoms with Crippen LogP contribution in [0.3, 0.4) is 0 Å². The van der Waals surface area contributed by atoms with Crippen LogP contribution in [0.15, 0.2) is 9.05 Å². The minimum atomic E-state index is -0.0881. The Hall–Kier alpha value is -2.12. The van der Waals surface area contributed by atoms with E-state index < -0.39 is 0 Å². The molecule has 0 aliphatic rings. The van der Waals surface area contributed by atoms with Crippen molar-refractivity contribution >= 4 is 6.01 Å². The second kappa shape index (κ2) is 2.44. The minimum absolute atomic E-state index is 0.0633. The van der Waals surface area contributed by atoms with Gasteiger partial charge in [-0.1, -0.05) is 5.10 Å². The molecule has 8 nitrogen and oxygen atoms in total. The smallest absolute Gasteiger partial charge is 0.313 e. The van der Waals surface area contributed by atoms with Crippen LogP contribution in [-0.4, -0.2) is 15.4 Å². The SMILES string of the molecule is Cc1c(-c2nnc(N)o2)no[n+]1[O-]. The maximum absolute atomic E-state index is 10.8. The predicted molar refractivity (Wildman–Crippen MR) is 37.9 cm³/mol. The number of nitrogens with two attached hydrogens (primary N) is 1. The van der Waals surface area contributed by atoms with Crippen LogP contribution in [0.4, 0.5) is 6.01 Å². The van der Waals surface area contributed by atoms with Crippen molar-refractivity contribution in [2.75, 3.05) is 5.73 Å². The molecule has 2 aromatic heterocycles. The molecule has 2 rings (SSSR count). The van der Waals surface area contributed by atoms with Crippen molar-refractivity contribution in [3.63, 3.8) is 0 Å². The highest BCUT2D eigenvalue weighted by atomic mass is 16.8. The van der Waals surface area contributed by atoms with Gasteiger partial charge in [0.25, 0.3) is 5.89 Å². The Balaban J connectivity index is 2.52. The van der Waals surface area contributed by atoms with E-state index in [0.717, 1.165) is 0 Å². The lowest BCUT2D eigenvalue weighted by molar-refractivity contribution is -0.806. The maximum atomic E-state index is 10.8. The molecule has 0 aromatic carbocycles. The Morgan fingerprint density at radius 1 is 1.46 bits per heavy atom. The third-order valence-corrected chi connectivity index (χ3v) is 1.47. The molecule has 0 bridgehead atoms. The predicted octanol–water partition coefficient (Wildman–Crippen LogP) is -0.751. The molecule has 2 aromatic rings. The maximum Gasteiger partial charge on any atom is 0.313 e. The molecule has 0 radical (unpaired) electrons. The summed E-state index contributed by atoms with van der Waals surface area (Å²) in [6.45, 7) is 1.51. The van der Waals surface area contributed by atoms with Crippen LogP contribution >= 0.6 is 0 Å². The van der Waals surface area contributed by atoms with E-state index in [-0.39, 0.29) is 28.2 Å². The van der Waals surface area contributed by atoms with Crippen molar-refractivity contribution in [3.8, 4) is 11.6 Å². The molecule has 68 valence electrons. The topological polar surface area (TPSA) is 118 Å². The lowest BCUT2D eigenvalue weighted by atomic mass is 10.3. The molecule has 0 aliphatic heterocycles. The van der Waals surface area contributed by atoms with E-state index in [1.54, 1.807) is 0 Å². The Bertz CT molecular complexity index is 433. The van der Waals surface area contributed by atoms with Crippen LogP contribution in [0.2, 0.25) is 0 Å². The molecule has 0 spiro atoms. The number of nitrogens with zero attached hydrogens (tertiary/aromatic N) is 4. The number of anilines is 1. The number of aromatic nitrogens is 4. The largest absolute Gasteiger partial charge is 0.400 e. The molecule has 0 saturated carbocycles. The molecular formula is C5H5N5O3. The zero-order chi connectivity index (χ0) is 9.42. The lowest BCUT2D eigenvalue weighted by Gasteiger charge is -1.84. The van der Waals surface area contributed by atoms with E-state index in [1.807, 2.05) is 0 Å². The summed E-state index contributed by atoms with van der Waals surface area (Å²) in [6, 6.07) is -0.0881. The van der Waals surface area contributed by atoms with E-state index in [1.165, 1.54) is 6.92 Å². The first-order valence-electron chi connectivity index (χ1n) is 3.34. The lowest BCUT2D eigenvalue weighted by Crippen LogP contribution is -2.25. The Morgan fingerprint density at radius 2 is 2.23 bits per heavy atom. The molecule has 0 fully saturated rings. The first kappa shape index (κ1) is 7.53. The van der Waals surface area contributed by atoms with Gasteiger partial charge < -0.3 is 15.4 Å². The van der Waals surface area contributed by atoms with E-state index in [0.29, 0.717) is 0 Å². The zero-order valence-electron chi connectivity index (χ0n) is 6.59. The fraction of sp³-hybridized carbons (Fsp3) is 0.200. The number of hydrogen-bond donors (Lipinski definition) is 1. The van der Waals surface area contributed by atoms with E-state index >= 15 is 0 Å². The van der Waals surface area contributed by atoms with Crippen LogP contribution < -0.4 is 10.6 Å². The van der Waals surface area contributed by atoms with Crippen LogP contribution in [0.25, 0.3) is 11.6 Å². The normalized spacial score (nSPS) is 10.5. The molecule has 0 atom stereocenters. The summed E-state index contributed by atoms with van der Waals surface area (Å²) in [5.74, 6) is 0.0633. The van der Waals surface area contributed by atoms with Gasteiger partial charge in [0.1, 0.15) is 0 Å². The van der Waals surface area contributed by atoms with Gasteiger partial charge in [-0.05, 0) is 4.90 Å². The number of hydrogen-bond acceptors (Lipinski definition) is 7. The van der Waals surface area contributed by atoms with Crippen LogP contribution in [0.5, 0.6) is 0 Å². The highest BCUT2D eigenvalue weighted by Gasteiger charge is 2.22. The molecule has 0 aliphatic carbocycles. The zero-order valence-corrected chi connectivity index (χ0v) is 6.59. The van der Waals surface area contributed by atoms with Crippen LogP contribution in [0.1, 0.15) is 5.69 Å². The summed E-state index contributed by atoms with van der Waals surface area (Å²) in [5.41, 5.74) is 5.62. The Morgan fingerprint density at radius 3 is 2.69 bits per heavy atom. The minimum Gasteiger partial charge on any atom is -0.400 e. The average Bonchev–Trinajstić information content (AvgIpc) is 2.62. The second-order valence-corrected chi connectivity index (χ2v) is 2.31. The summed E-state index contributed by atoms with van der Waals surface area (Å²) in [5, 5.41) is 21.2. The fourth-order valence-electron chi connectivity index (χ4n) is 0.816.